The minimum atomic E-state index is -0.537. The lowest BCUT2D eigenvalue weighted by atomic mass is 10.0. The van der Waals surface area contributed by atoms with Crippen molar-refractivity contribution in [2.75, 3.05) is 5.32 Å². The molecule has 0 aliphatic rings. The van der Waals surface area contributed by atoms with Crippen LogP contribution in [0.1, 0.15) is 51.8 Å². The normalized spacial score (nSPS) is 9.83. The fraction of sp³-hybridized carbons (Fsp3) is 0.229. The van der Waals surface area contributed by atoms with Crippen LogP contribution in [0, 0.1) is 0 Å². The lowest BCUT2D eigenvalue weighted by Crippen LogP contribution is -2.33. The molecule has 0 saturated heterocycles. The van der Waals surface area contributed by atoms with Crippen molar-refractivity contribution >= 4 is 29.5 Å². The van der Waals surface area contributed by atoms with E-state index in [4.69, 9.17) is 16.4 Å². The molecule has 0 aliphatic heterocycles. The molecule has 1 amide bonds. The number of hydrogen-bond acceptors (Lipinski definition) is 4. The lowest BCUT2D eigenvalue weighted by Gasteiger charge is -2.20. The second-order valence-corrected chi connectivity index (χ2v) is 9.13. The number of carbonyl (C=O) groups excluding carboxylic acids is 2. The summed E-state index contributed by atoms with van der Waals surface area (Å²) in [7, 11) is 0. The summed E-state index contributed by atoms with van der Waals surface area (Å²) in [6.45, 7) is 15.8. The number of alkyl halides is 1. The van der Waals surface area contributed by atoms with Crippen LogP contribution in [-0.4, -0.2) is 22.6 Å². The van der Waals surface area contributed by atoms with Gasteiger partial charge in [-0.15, -0.1) is 24.8 Å². The van der Waals surface area contributed by atoms with E-state index in [1.807, 2.05) is 100 Å². The molecule has 4 aromatic rings. The van der Waals surface area contributed by atoms with Crippen molar-refractivity contribution in [3.8, 4) is 11.1 Å². The van der Waals surface area contributed by atoms with E-state index in [1.165, 1.54) is 6.92 Å². The first-order chi connectivity index (χ1) is 19.9. The summed E-state index contributed by atoms with van der Waals surface area (Å²) in [4.78, 5) is 26.0. The van der Waals surface area contributed by atoms with E-state index in [1.54, 1.807) is 12.4 Å². The second kappa shape index (κ2) is 23.6. The van der Waals surface area contributed by atoms with Crippen molar-refractivity contribution in [1.82, 2.24) is 10.3 Å². The van der Waals surface area contributed by atoms with E-state index < -0.39 is 6.04 Å². The van der Waals surface area contributed by atoms with Crippen LogP contribution in [0.25, 0.3) is 11.1 Å². The van der Waals surface area contributed by atoms with Gasteiger partial charge in [0.15, 0.2) is 0 Å². The Labute approximate surface area is 251 Å². The highest BCUT2D eigenvalue weighted by atomic mass is 35.5. The molecule has 218 valence electrons. The molecule has 0 radical (unpaired) electrons. The number of halogens is 1. The van der Waals surface area contributed by atoms with Crippen molar-refractivity contribution in [2.24, 2.45) is 0 Å². The van der Waals surface area contributed by atoms with E-state index >= 15 is 0 Å². The third kappa shape index (κ3) is 15.8. The van der Waals surface area contributed by atoms with Crippen LogP contribution in [0.2, 0.25) is 0 Å². The van der Waals surface area contributed by atoms with E-state index in [0.29, 0.717) is 11.9 Å². The summed E-state index contributed by atoms with van der Waals surface area (Å²) in [5.74, 6) is -0.0982. The molecule has 2 N–H and O–H groups in total. The number of hydrogen-bond donors (Lipinski definition) is 2. The maximum Gasteiger partial charge on any atom is 0.247 e. The molecule has 41 heavy (non-hydrogen) atoms. The van der Waals surface area contributed by atoms with Crippen LogP contribution in [0.4, 0.5) is 5.69 Å². The molecule has 0 bridgehead atoms. The zero-order chi connectivity index (χ0) is 30.9. The molecule has 0 saturated carbocycles. The van der Waals surface area contributed by atoms with E-state index in [0.717, 1.165) is 34.2 Å². The first-order valence-corrected chi connectivity index (χ1v) is 14.1. The Morgan fingerprint density at radius 1 is 0.854 bits per heavy atom. The number of aldehydes is 1. The fourth-order valence-electron chi connectivity index (χ4n) is 3.29. The molecule has 6 heteroatoms. The molecule has 5 nitrogen and oxygen atoms in total. The van der Waals surface area contributed by atoms with Gasteiger partial charge in [0, 0.05) is 35.6 Å². The Morgan fingerprint density at radius 2 is 1.34 bits per heavy atom. The molecular weight excluding hydrogens is 530 g/mol. The summed E-state index contributed by atoms with van der Waals surface area (Å²) in [6.07, 6.45) is 4.18. The number of nitrogens with one attached hydrogen (secondary N) is 2. The summed E-state index contributed by atoms with van der Waals surface area (Å²) in [6, 6.07) is 31.4. The largest absolute Gasteiger partial charge is 0.370 e. The maximum atomic E-state index is 13.0. The van der Waals surface area contributed by atoms with E-state index in [-0.39, 0.29) is 5.91 Å². The summed E-state index contributed by atoms with van der Waals surface area (Å²) < 4.78 is 0. The van der Waals surface area contributed by atoms with Crippen molar-refractivity contribution in [2.45, 2.75) is 52.6 Å². The zero-order valence-corrected chi connectivity index (χ0v) is 25.6. The first kappa shape index (κ1) is 36.8. The number of amides is 1. The molecule has 3 aromatic carbocycles. The highest BCUT2D eigenvalue weighted by molar-refractivity contribution is 6.20. The molecule has 1 heterocycles. The van der Waals surface area contributed by atoms with Gasteiger partial charge in [-0.2, -0.15) is 0 Å². The molecule has 0 fully saturated rings. The van der Waals surface area contributed by atoms with Gasteiger partial charge in [0.1, 0.15) is 12.3 Å². The first-order valence-electron chi connectivity index (χ1n) is 13.6. The SMILES string of the molecule is C=C.CC.CC(C)Cl.CC=O.O=C(NCc1ccccc1)C(Nc1ccc(-c2ccccc2)cc1)c1cccnc1. The van der Waals surface area contributed by atoms with Gasteiger partial charge in [0.2, 0.25) is 5.91 Å². The molecule has 1 unspecified atom stereocenters. The van der Waals surface area contributed by atoms with Crippen LogP contribution in [0.5, 0.6) is 0 Å². The monoisotopic (exact) mass is 573 g/mol. The number of pyridine rings is 1. The standard InChI is InChI=1S/C26H23N3O.C3H7Cl.C2H4O.C2H6.C2H4/c30-26(28-18-20-8-3-1-4-9-20)25(23-12-7-17-27-19-23)29-24-15-13-22(14-16-24)21-10-5-2-6-11-21;1-3(2)4;1-2-3;2*1-2/h1-17,19,25,29H,18H2,(H,28,30);3H,1-2H3;2H,1H3;1-2H3;1-2H2. The van der Waals surface area contributed by atoms with Gasteiger partial charge in [-0.1, -0.05) is 92.7 Å². The molecule has 1 aromatic heterocycles. The Hall–Kier alpha value is -4.22. The third-order valence-electron chi connectivity index (χ3n) is 4.89. The molecule has 1 atom stereocenters. The van der Waals surface area contributed by atoms with Gasteiger partial charge < -0.3 is 15.4 Å². The summed E-state index contributed by atoms with van der Waals surface area (Å²) >= 11 is 5.27. The number of rotatable bonds is 7. The van der Waals surface area contributed by atoms with Gasteiger partial charge in [0.05, 0.1) is 0 Å². The predicted molar refractivity (Wildman–Crippen MR) is 176 cm³/mol. The molecule has 0 aliphatic carbocycles. The highest BCUT2D eigenvalue weighted by Crippen LogP contribution is 2.24. The van der Waals surface area contributed by atoms with Crippen LogP contribution >= 0.6 is 11.6 Å². The van der Waals surface area contributed by atoms with Gasteiger partial charge in [0.25, 0.3) is 0 Å². The average molecular weight is 574 g/mol. The third-order valence-corrected chi connectivity index (χ3v) is 4.89. The minimum absolute atomic E-state index is 0.0982. The van der Waals surface area contributed by atoms with Crippen molar-refractivity contribution in [3.63, 3.8) is 0 Å². The quantitative estimate of drug-likeness (QED) is 0.131. The van der Waals surface area contributed by atoms with Crippen LogP contribution in [0.15, 0.2) is 123 Å². The summed E-state index contributed by atoms with van der Waals surface area (Å²) in [5.41, 5.74) is 5.04. The van der Waals surface area contributed by atoms with E-state index in [9.17, 15) is 4.79 Å². The number of nitrogens with zero attached hydrogens (tertiary/aromatic N) is 1. The molecular formula is C35H44ClN3O2. The lowest BCUT2D eigenvalue weighted by molar-refractivity contribution is -0.122. The van der Waals surface area contributed by atoms with Gasteiger partial charge >= 0.3 is 0 Å². The van der Waals surface area contributed by atoms with Crippen LogP contribution < -0.4 is 10.6 Å². The van der Waals surface area contributed by atoms with E-state index in [2.05, 4.69) is 53.0 Å². The highest BCUT2D eigenvalue weighted by Gasteiger charge is 2.20. The Balaban J connectivity index is 0.00000127. The van der Waals surface area contributed by atoms with Gasteiger partial charge in [-0.05, 0) is 55.7 Å². The van der Waals surface area contributed by atoms with Crippen molar-refractivity contribution in [1.29, 1.82) is 0 Å². The Bertz CT molecular complexity index is 1180. The zero-order valence-electron chi connectivity index (χ0n) is 24.9. The smallest absolute Gasteiger partial charge is 0.247 e. The number of benzene rings is 3. The predicted octanol–water partition coefficient (Wildman–Crippen LogP) is 8.89. The second-order valence-electron chi connectivity index (χ2n) is 8.26. The van der Waals surface area contributed by atoms with Gasteiger partial charge in [-0.3, -0.25) is 9.78 Å². The van der Waals surface area contributed by atoms with Gasteiger partial charge in [-0.25, -0.2) is 0 Å². The average Bonchev–Trinajstić information content (AvgIpc) is 3.02. The topological polar surface area (TPSA) is 71.1 Å². The fourth-order valence-corrected chi connectivity index (χ4v) is 3.29. The number of carbonyl (C=O) groups is 2. The number of aromatic nitrogens is 1. The summed E-state index contributed by atoms with van der Waals surface area (Å²) in [5, 5.41) is 6.69. The molecule has 4 rings (SSSR count). The molecule has 0 spiro atoms. The van der Waals surface area contributed by atoms with Crippen LogP contribution in [-0.2, 0) is 16.1 Å². The number of anilines is 1. The Kier molecular flexibility index (Phi) is 21.2. The Morgan fingerprint density at radius 3 is 1.83 bits per heavy atom. The van der Waals surface area contributed by atoms with Crippen LogP contribution in [0.3, 0.4) is 0 Å². The van der Waals surface area contributed by atoms with Crippen molar-refractivity contribution in [3.05, 3.63) is 134 Å². The minimum Gasteiger partial charge on any atom is -0.370 e. The van der Waals surface area contributed by atoms with Crippen molar-refractivity contribution < 1.29 is 9.59 Å². The maximum absolute atomic E-state index is 13.0.